The van der Waals surface area contributed by atoms with Gasteiger partial charge in [0.1, 0.15) is 5.75 Å². The van der Waals surface area contributed by atoms with Crippen LogP contribution in [-0.2, 0) is 19.4 Å². The molecule has 0 aromatic heterocycles. The highest BCUT2D eigenvalue weighted by molar-refractivity contribution is 5.50. The zero-order valence-corrected chi connectivity index (χ0v) is 12.9. The maximum Gasteiger partial charge on any atom is 0.120 e. The lowest BCUT2D eigenvalue weighted by Crippen LogP contribution is -2.06. The van der Waals surface area contributed by atoms with Gasteiger partial charge in [0.2, 0.25) is 0 Å². The smallest absolute Gasteiger partial charge is 0.120 e. The van der Waals surface area contributed by atoms with Gasteiger partial charge in [-0.05, 0) is 74.1 Å². The minimum absolute atomic E-state index is 0.213. The Hall–Kier alpha value is -1.96. The predicted octanol–water partition coefficient (Wildman–Crippen LogP) is 4.57. The van der Waals surface area contributed by atoms with Crippen LogP contribution < -0.4 is 10.1 Å². The zero-order valence-electron chi connectivity index (χ0n) is 12.9. The quantitative estimate of drug-likeness (QED) is 0.866. The van der Waals surface area contributed by atoms with Gasteiger partial charge >= 0.3 is 0 Å². The van der Waals surface area contributed by atoms with Crippen molar-refractivity contribution in [3.63, 3.8) is 0 Å². The van der Waals surface area contributed by atoms with Crippen molar-refractivity contribution in [1.82, 2.24) is 0 Å². The summed E-state index contributed by atoms with van der Waals surface area (Å²) >= 11 is 0. The Kier molecular flexibility index (Phi) is 4.14. The molecular weight excluding hydrogens is 258 g/mol. The average Bonchev–Trinajstić information content (AvgIpc) is 2.92. The normalized spacial score (nSPS) is 13.3. The Morgan fingerprint density at radius 1 is 1.05 bits per heavy atom. The molecule has 0 aliphatic heterocycles. The van der Waals surface area contributed by atoms with Gasteiger partial charge in [0.05, 0.1) is 6.10 Å². The Morgan fingerprint density at radius 2 is 1.90 bits per heavy atom. The maximum absolute atomic E-state index is 5.74. The van der Waals surface area contributed by atoms with E-state index < -0.39 is 0 Å². The van der Waals surface area contributed by atoms with Gasteiger partial charge in [0.25, 0.3) is 0 Å². The number of aryl methyl sites for hydroxylation is 2. The molecule has 2 aromatic rings. The average molecular weight is 281 g/mol. The minimum Gasteiger partial charge on any atom is -0.491 e. The van der Waals surface area contributed by atoms with Gasteiger partial charge in [-0.25, -0.2) is 0 Å². The number of fused-ring (bicyclic) bond motifs is 1. The van der Waals surface area contributed by atoms with Crippen LogP contribution in [0.2, 0.25) is 0 Å². The van der Waals surface area contributed by atoms with Crippen LogP contribution in [0.25, 0.3) is 0 Å². The van der Waals surface area contributed by atoms with Crippen LogP contribution in [0.4, 0.5) is 5.69 Å². The van der Waals surface area contributed by atoms with Crippen molar-refractivity contribution in [3.8, 4) is 5.75 Å². The number of hydrogen-bond donors (Lipinski definition) is 1. The molecule has 2 heteroatoms. The van der Waals surface area contributed by atoms with E-state index in [0.717, 1.165) is 12.3 Å². The summed E-state index contributed by atoms with van der Waals surface area (Å²) in [5.41, 5.74) is 5.49. The van der Waals surface area contributed by atoms with Crippen molar-refractivity contribution in [1.29, 1.82) is 0 Å². The number of hydrogen-bond acceptors (Lipinski definition) is 2. The van der Waals surface area contributed by atoms with Crippen LogP contribution in [0, 0.1) is 0 Å². The van der Waals surface area contributed by atoms with Crippen molar-refractivity contribution in [3.05, 3.63) is 59.2 Å². The second-order valence-corrected chi connectivity index (χ2v) is 6.00. The van der Waals surface area contributed by atoms with Gasteiger partial charge in [-0.1, -0.05) is 18.2 Å². The number of ether oxygens (including phenoxy) is 1. The molecule has 0 saturated heterocycles. The number of nitrogens with one attached hydrogen (secondary N) is 1. The summed E-state index contributed by atoms with van der Waals surface area (Å²) in [5.74, 6) is 0.943. The summed E-state index contributed by atoms with van der Waals surface area (Å²) in [6.45, 7) is 4.93. The molecule has 3 rings (SSSR count). The van der Waals surface area contributed by atoms with E-state index in [-0.39, 0.29) is 6.10 Å². The Bertz CT molecular complexity index is 619. The molecule has 0 spiro atoms. The third-order valence-corrected chi connectivity index (χ3v) is 3.87. The first-order valence-corrected chi connectivity index (χ1v) is 7.82. The summed E-state index contributed by atoms with van der Waals surface area (Å²) in [6.07, 6.45) is 3.98. The van der Waals surface area contributed by atoms with Crippen molar-refractivity contribution in [2.24, 2.45) is 0 Å². The minimum atomic E-state index is 0.213. The van der Waals surface area contributed by atoms with E-state index in [4.69, 9.17) is 4.74 Å². The molecule has 110 valence electrons. The Morgan fingerprint density at radius 3 is 2.76 bits per heavy atom. The molecule has 0 fully saturated rings. The number of benzene rings is 2. The van der Waals surface area contributed by atoms with E-state index in [0.29, 0.717) is 0 Å². The lowest BCUT2D eigenvalue weighted by molar-refractivity contribution is 0.242. The van der Waals surface area contributed by atoms with E-state index in [1.807, 2.05) is 6.07 Å². The van der Waals surface area contributed by atoms with E-state index in [1.54, 1.807) is 0 Å². The molecule has 21 heavy (non-hydrogen) atoms. The van der Waals surface area contributed by atoms with Gasteiger partial charge in [-0.2, -0.15) is 0 Å². The first kappa shape index (κ1) is 14.0. The van der Waals surface area contributed by atoms with Gasteiger partial charge in [-0.15, -0.1) is 0 Å². The molecule has 1 aliphatic carbocycles. The third-order valence-electron chi connectivity index (χ3n) is 3.87. The second-order valence-electron chi connectivity index (χ2n) is 6.00. The van der Waals surface area contributed by atoms with Crippen LogP contribution in [0.1, 0.15) is 37.0 Å². The van der Waals surface area contributed by atoms with Crippen molar-refractivity contribution < 1.29 is 4.74 Å². The number of anilines is 1. The highest BCUT2D eigenvalue weighted by atomic mass is 16.5. The van der Waals surface area contributed by atoms with E-state index >= 15 is 0 Å². The lowest BCUT2D eigenvalue weighted by atomic mass is 10.1. The molecule has 0 unspecified atom stereocenters. The van der Waals surface area contributed by atoms with E-state index in [1.165, 1.54) is 41.6 Å². The van der Waals surface area contributed by atoms with Gasteiger partial charge < -0.3 is 10.1 Å². The molecule has 0 amide bonds. The second kappa shape index (κ2) is 6.21. The molecule has 0 atom stereocenters. The van der Waals surface area contributed by atoms with E-state index in [9.17, 15) is 0 Å². The zero-order chi connectivity index (χ0) is 14.7. The summed E-state index contributed by atoms with van der Waals surface area (Å²) in [4.78, 5) is 0. The third kappa shape index (κ3) is 3.57. The highest BCUT2D eigenvalue weighted by Gasteiger charge is 2.10. The summed E-state index contributed by atoms with van der Waals surface area (Å²) < 4.78 is 5.74. The summed E-state index contributed by atoms with van der Waals surface area (Å²) in [7, 11) is 0. The van der Waals surface area contributed by atoms with Gasteiger partial charge in [0, 0.05) is 12.2 Å². The predicted molar refractivity (Wildman–Crippen MR) is 88.0 cm³/mol. The van der Waals surface area contributed by atoms with Crippen LogP contribution >= 0.6 is 0 Å². The molecule has 0 bridgehead atoms. The monoisotopic (exact) mass is 281 g/mol. The van der Waals surface area contributed by atoms with Crippen LogP contribution in [0.15, 0.2) is 42.5 Å². The van der Waals surface area contributed by atoms with Crippen LogP contribution in [0.3, 0.4) is 0 Å². The maximum atomic E-state index is 5.74. The van der Waals surface area contributed by atoms with Crippen molar-refractivity contribution >= 4 is 5.69 Å². The molecule has 0 saturated carbocycles. The van der Waals surface area contributed by atoms with Gasteiger partial charge in [-0.3, -0.25) is 0 Å². The highest BCUT2D eigenvalue weighted by Crippen LogP contribution is 2.25. The fourth-order valence-corrected chi connectivity index (χ4v) is 2.89. The topological polar surface area (TPSA) is 21.3 Å². The first-order valence-electron chi connectivity index (χ1n) is 7.82. The molecule has 2 nitrogen and oxygen atoms in total. The molecule has 1 N–H and O–H groups in total. The van der Waals surface area contributed by atoms with Crippen molar-refractivity contribution in [2.75, 3.05) is 5.32 Å². The standard InChI is InChI=1S/C19H23NO/c1-14(2)21-19-8-3-5-15(11-19)13-20-18-10-9-16-6-4-7-17(16)12-18/h3,5,8-12,14,20H,4,6-7,13H2,1-2H3. The molecule has 0 radical (unpaired) electrons. The summed E-state index contributed by atoms with van der Waals surface area (Å²) in [5, 5.41) is 3.52. The number of rotatable bonds is 5. The van der Waals surface area contributed by atoms with E-state index in [2.05, 4.69) is 55.6 Å². The summed E-state index contributed by atoms with van der Waals surface area (Å²) in [6, 6.07) is 15.1. The Labute approximate surface area is 127 Å². The Balaban J connectivity index is 1.64. The van der Waals surface area contributed by atoms with Gasteiger partial charge in [0.15, 0.2) is 0 Å². The molecule has 2 aromatic carbocycles. The molecule has 0 heterocycles. The van der Waals surface area contributed by atoms with Crippen molar-refractivity contribution in [2.45, 2.75) is 45.8 Å². The van der Waals surface area contributed by atoms with Crippen LogP contribution in [0.5, 0.6) is 5.75 Å². The van der Waals surface area contributed by atoms with Crippen LogP contribution in [-0.4, -0.2) is 6.10 Å². The SMILES string of the molecule is CC(C)Oc1cccc(CNc2ccc3c(c2)CCC3)c1. The fourth-order valence-electron chi connectivity index (χ4n) is 2.89. The lowest BCUT2D eigenvalue weighted by Gasteiger charge is -2.12. The molecule has 1 aliphatic rings. The molecular formula is C19H23NO. The largest absolute Gasteiger partial charge is 0.491 e. The first-order chi connectivity index (χ1) is 10.2. The fraction of sp³-hybridized carbons (Fsp3) is 0.368.